The Labute approximate surface area is 120 Å². The first-order valence-corrected chi connectivity index (χ1v) is 7.39. The van der Waals surface area contributed by atoms with Gasteiger partial charge in [-0.2, -0.15) is 0 Å². The highest BCUT2D eigenvalue weighted by Gasteiger charge is 2.24. The number of halogens is 1. The zero-order valence-electron chi connectivity index (χ0n) is 12.3. The van der Waals surface area contributed by atoms with E-state index >= 15 is 0 Å². The molecule has 0 amide bonds. The lowest BCUT2D eigenvalue weighted by Gasteiger charge is -2.23. The molecule has 3 nitrogen and oxygen atoms in total. The van der Waals surface area contributed by atoms with Gasteiger partial charge in [-0.15, -0.1) is 0 Å². The van der Waals surface area contributed by atoms with E-state index in [9.17, 15) is 4.39 Å². The van der Waals surface area contributed by atoms with Gasteiger partial charge in [0.05, 0.1) is 7.11 Å². The molecule has 0 aliphatic carbocycles. The maximum atomic E-state index is 14.4. The van der Waals surface area contributed by atoms with Gasteiger partial charge in [0.1, 0.15) is 0 Å². The molecule has 112 valence electrons. The van der Waals surface area contributed by atoms with E-state index in [1.807, 2.05) is 12.1 Å². The lowest BCUT2D eigenvalue weighted by atomic mass is 9.93. The van der Waals surface area contributed by atoms with Crippen LogP contribution in [0.25, 0.3) is 0 Å². The molecule has 1 saturated heterocycles. The van der Waals surface area contributed by atoms with Crippen molar-refractivity contribution < 1.29 is 13.9 Å². The molecule has 1 aliphatic rings. The van der Waals surface area contributed by atoms with E-state index in [2.05, 4.69) is 12.2 Å². The molecule has 4 heteroatoms. The molecule has 2 atom stereocenters. The summed E-state index contributed by atoms with van der Waals surface area (Å²) in [5, 5.41) is 3.45. The van der Waals surface area contributed by atoms with E-state index in [1.54, 1.807) is 6.07 Å². The van der Waals surface area contributed by atoms with Crippen LogP contribution >= 0.6 is 0 Å². The zero-order valence-corrected chi connectivity index (χ0v) is 12.3. The molecule has 1 fully saturated rings. The van der Waals surface area contributed by atoms with Gasteiger partial charge >= 0.3 is 0 Å². The maximum Gasteiger partial charge on any atom is 0.169 e. The van der Waals surface area contributed by atoms with Crippen molar-refractivity contribution in [1.82, 2.24) is 5.32 Å². The summed E-state index contributed by atoms with van der Waals surface area (Å²) in [5.74, 6) is 0.575. The van der Waals surface area contributed by atoms with E-state index in [0.29, 0.717) is 17.2 Å². The minimum atomic E-state index is -0.248. The van der Waals surface area contributed by atoms with Crippen molar-refractivity contribution >= 4 is 0 Å². The normalized spacial score (nSPS) is 20.1. The smallest absolute Gasteiger partial charge is 0.169 e. The Morgan fingerprint density at radius 2 is 2.35 bits per heavy atom. The largest absolute Gasteiger partial charge is 0.494 e. The summed E-state index contributed by atoms with van der Waals surface area (Å²) in [6.45, 7) is 4.61. The van der Waals surface area contributed by atoms with Crippen molar-refractivity contribution in [3.63, 3.8) is 0 Å². The van der Waals surface area contributed by atoms with Crippen molar-refractivity contribution in [1.29, 1.82) is 0 Å². The monoisotopic (exact) mass is 281 g/mol. The molecule has 0 radical (unpaired) electrons. The lowest BCUT2D eigenvalue weighted by Crippen LogP contribution is -2.25. The standard InChI is InChI=1S/C16H24FNO2/c1-3-8-18-14(10-12-7-9-20-11-12)13-5-4-6-15(19-2)16(13)17/h4-6,12,14,18H,3,7-11H2,1-2H3. The van der Waals surface area contributed by atoms with Gasteiger partial charge in [-0.3, -0.25) is 0 Å². The zero-order chi connectivity index (χ0) is 14.4. The highest BCUT2D eigenvalue weighted by Crippen LogP contribution is 2.31. The topological polar surface area (TPSA) is 30.5 Å². The molecule has 1 aliphatic heterocycles. The fourth-order valence-corrected chi connectivity index (χ4v) is 2.70. The quantitative estimate of drug-likeness (QED) is 0.832. The fraction of sp³-hybridized carbons (Fsp3) is 0.625. The van der Waals surface area contributed by atoms with E-state index in [-0.39, 0.29) is 11.9 Å². The fourth-order valence-electron chi connectivity index (χ4n) is 2.70. The molecule has 1 aromatic rings. The van der Waals surface area contributed by atoms with Crippen LogP contribution in [0.15, 0.2) is 18.2 Å². The lowest BCUT2D eigenvalue weighted by molar-refractivity contribution is 0.181. The molecule has 20 heavy (non-hydrogen) atoms. The predicted octanol–water partition coefficient (Wildman–Crippen LogP) is 3.30. The summed E-state index contributed by atoms with van der Waals surface area (Å²) < 4.78 is 24.9. The van der Waals surface area contributed by atoms with Crippen LogP contribution in [0.4, 0.5) is 4.39 Å². The second kappa shape index (κ2) is 7.60. The first kappa shape index (κ1) is 15.3. The van der Waals surface area contributed by atoms with Crippen LogP contribution in [-0.4, -0.2) is 26.9 Å². The number of hydrogen-bond donors (Lipinski definition) is 1. The minimum absolute atomic E-state index is 0.0248. The summed E-state index contributed by atoms with van der Waals surface area (Å²) in [7, 11) is 1.50. The van der Waals surface area contributed by atoms with Gasteiger partial charge in [-0.1, -0.05) is 19.1 Å². The predicted molar refractivity (Wildman–Crippen MR) is 77.5 cm³/mol. The molecule has 0 aromatic heterocycles. The molecule has 2 unspecified atom stereocenters. The van der Waals surface area contributed by atoms with Crippen molar-refractivity contribution in [3.8, 4) is 5.75 Å². The number of benzene rings is 1. The first-order chi connectivity index (χ1) is 9.76. The van der Waals surface area contributed by atoms with Gasteiger partial charge in [0.15, 0.2) is 11.6 Å². The SMILES string of the molecule is CCCNC(CC1CCOC1)c1cccc(OC)c1F. The van der Waals surface area contributed by atoms with Crippen LogP contribution in [0.1, 0.15) is 37.8 Å². The van der Waals surface area contributed by atoms with Crippen molar-refractivity contribution in [2.75, 3.05) is 26.9 Å². The molecule has 0 spiro atoms. The number of rotatable bonds is 7. The van der Waals surface area contributed by atoms with Crippen LogP contribution in [0, 0.1) is 11.7 Å². The van der Waals surface area contributed by atoms with Crippen LogP contribution in [-0.2, 0) is 4.74 Å². The Hall–Kier alpha value is -1.13. The Morgan fingerprint density at radius 1 is 1.50 bits per heavy atom. The van der Waals surface area contributed by atoms with Crippen LogP contribution in [0.2, 0.25) is 0 Å². The summed E-state index contributed by atoms with van der Waals surface area (Å²) >= 11 is 0. The molecular weight excluding hydrogens is 257 g/mol. The van der Waals surface area contributed by atoms with E-state index in [1.165, 1.54) is 7.11 Å². The number of hydrogen-bond acceptors (Lipinski definition) is 3. The minimum Gasteiger partial charge on any atom is -0.494 e. The molecular formula is C16H24FNO2. The first-order valence-electron chi connectivity index (χ1n) is 7.39. The summed E-state index contributed by atoms with van der Waals surface area (Å²) in [5.41, 5.74) is 0.699. The Morgan fingerprint density at radius 3 is 3.00 bits per heavy atom. The van der Waals surface area contributed by atoms with E-state index in [4.69, 9.17) is 9.47 Å². The molecule has 0 bridgehead atoms. The summed E-state index contributed by atoms with van der Waals surface area (Å²) in [6.07, 6.45) is 3.00. The third kappa shape index (κ3) is 3.70. The van der Waals surface area contributed by atoms with Crippen molar-refractivity contribution in [2.45, 2.75) is 32.2 Å². The van der Waals surface area contributed by atoms with Gasteiger partial charge in [-0.25, -0.2) is 4.39 Å². The third-order valence-electron chi connectivity index (χ3n) is 3.82. The number of ether oxygens (including phenoxy) is 2. The second-order valence-electron chi connectivity index (χ2n) is 5.34. The number of methoxy groups -OCH3 is 1. The average molecular weight is 281 g/mol. The van der Waals surface area contributed by atoms with Crippen LogP contribution < -0.4 is 10.1 Å². The Kier molecular flexibility index (Phi) is 5.80. The third-order valence-corrected chi connectivity index (χ3v) is 3.82. The van der Waals surface area contributed by atoms with E-state index in [0.717, 1.165) is 39.0 Å². The second-order valence-corrected chi connectivity index (χ2v) is 5.34. The highest BCUT2D eigenvalue weighted by atomic mass is 19.1. The molecule has 0 saturated carbocycles. The van der Waals surface area contributed by atoms with Crippen LogP contribution in [0.3, 0.4) is 0 Å². The summed E-state index contributed by atoms with van der Waals surface area (Å²) in [4.78, 5) is 0. The van der Waals surface area contributed by atoms with Gasteiger partial charge in [-0.05, 0) is 37.8 Å². The maximum absolute atomic E-state index is 14.4. The summed E-state index contributed by atoms with van der Waals surface area (Å²) in [6, 6.07) is 5.38. The van der Waals surface area contributed by atoms with E-state index < -0.39 is 0 Å². The Bertz CT molecular complexity index is 419. The molecule has 2 rings (SSSR count). The van der Waals surface area contributed by atoms with Gasteiger partial charge in [0, 0.05) is 24.8 Å². The Balaban J connectivity index is 2.16. The van der Waals surface area contributed by atoms with Crippen molar-refractivity contribution in [2.24, 2.45) is 5.92 Å². The number of nitrogens with one attached hydrogen (secondary N) is 1. The van der Waals surface area contributed by atoms with Crippen LogP contribution in [0.5, 0.6) is 5.75 Å². The highest BCUT2D eigenvalue weighted by molar-refractivity contribution is 5.33. The molecule has 1 aromatic carbocycles. The van der Waals surface area contributed by atoms with Gasteiger partial charge in [0.2, 0.25) is 0 Å². The van der Waals surface area contributed by atoms with Gasteiger partial charge in [0.25, 0.3) is 0 Å². The average Bonchev–Trinajstić information content (AvgIpc) is 2.97. The van der Waals surface area contributed by atoms with Gasteiger partial charge < -0.3 is 14.8 Å². The molecule has 1 heterocycles. The van der Waals surface area contributed by atoms with Crippen molar-refractivity contribution in [3.05, 3.63) is 29.6 Å². The molecule has 1 N–H and O–H groups in total.